The zero-order chi connectivity index (χ0) is 22.2. The molecule has 0 atom stereocenters. The highest BCUT2D eigenvalue weighted by Crippen LogP contribution is 2.21. The first kappa shape index (κ1) is 21.0. The Labute approximate surface area is 175 Å². The lowest BCUT2D eigenvalue weighted by Gasteiger charge is -2.04. The summed E-state index contributed by atoms with van der Waals surface area (Å²) in [5, 5.41) is 25.5. The van der Waals surface area contributed by atoms with Gasteiger partial charge in [-0.25, -0.2) is 10.4 Å². The maximum absolute atomic E-state index is 12.0. The van der Waals surface area contributed by atoms with Crippen LogP contribution in [0.1, 0.15) is 11.1 Å². The van der Waals surface area contributed by atoms with E-state index in [0.29, 0.717) is 16.9 Å². The Morgan fingerprint density at radius 3 is 2.42 bits per heavy atom. The zero-order valence-electron chi connectivity index (χ0n) is 15.9. The molecule has 0 aliphatic carbocycles. The Kier molecular flexibility index (Phi) is 6.58. The highest BCUT2D eigenvalue weighted by atomic mass is 16.6. The van der Waals surface area contributed by atoms with Crippen LogP contribution in [0.25, 0.3) is 0 Å². The first-order valence-corrected chi connectivity index (χ1v) is 8.85. The Morgan fingerprint density at radius 2 is 1.77 bits per heavy atom. The molecule has 0 saturated carbocycles. The van der Waals surface area contributed by atoms with Crippen molar-refractivity contribution in [3.8, 4) is 11.6 Å². The first-order valence-electron chi connectivity index (χ1n) is 8.85. The van der Waals surface area contributed by atoms with E-state index in [2.05, 4.69) is 15.5 Å². The minimum absolute atomic E-state index is 0.125. The normalized spacial score (nSPS) is 10.6. The molecular weight excluding hydrogens is 406 g/mol. The number of benzene rings is 2. The predicted molar refractivity (Wildman–Crippen MR) is 110 cm³/mol. The van der Waals surface area contributed by atoms with Crippen LogP contribution in [0, 0.1) is 20.2 Å². The second-order valence-corrected chi connectivity index (χ2v) is 6.14. The molecule has 156 valence electrons. The molecule has 1 amide bonds. The quantitative estimate of drug-likeness (QED) is 0.333. The molecule has 3 rings (SSSR count). The third-order valence-corrected chi connectivity index (χ3v) is 3.98. The number of pyridine rings is 1. The van der Waals surface area contributed by atoms with Crippen molar-refractivity contribution < 1.29 is 19.4 Å². The number of ether oxygens (including phenoxy) is 1. The third-order valence-electron chi connectivity index (χ3n) is 3.98. The SMILES string of the molecule is O=C(Cc1ccccc1[N+](=O)[O-])N/N=C/c1ccc(Oc2ccc([N+](=O)[O-])cn2)cc1. The number of amides is 1. The summed E-state index contributed by atoms with van der Waals surface area (Å²) in [6.07, 6.45) is 2.33. The highest BCUT2D eigenvalue weighted by Gasteiger charge is 2.15. The van der Waals surface area contributed by atoms with Crippen molar-refractivity contribution in [1.29, 1.82) is 0 Å². The number of hydrogen-bond acceptors (Lipinski definition) is 8. The number of carbonyl (C=O) groups is 1. The van der Waals surface area contributed by atoms with E-state index in [1.807, 2.05) is 0 Å². The van der Waals surface area contributed by atoms with Crippen molar-refractivity contribution in [3.05, 3.63) is 98.2 Å². The maximum atomic E-state index is 12.0. The number of rotatable bonds is 8. The number of nitrogens with one attached hydrogen (secondary N) is 1. The molecule has 2 aromatic carbocycles. The van der Waals surface area contributed by atoms with Gasteiger partial charge in [0.15, 0.2) is 0 Å². The van der Waals surface area contributed by atoms with Crippen LogP contribution in [0.5, 0.6) is 11.6 Å². The number of hydrogen-bond donors (Lipinski definition) is 1. The minimum Gasteiger partial charge on any atom is -0.439 e. The summed E-state index contributed by atoms with van der Waals surface area (Å²) in [7, 11) is 0. The van der Waals surface area contributed by atoms with Gasteiger partial charge in [0.05, 0.1) is 22.5 Å². The van der Waals surface area contributed by atoms with Gasteiger partial charge >= 0.3 is 0 Å². The van der Waals surface area contributed by atoms with E-state index in [4.69, 9.17) is 4.74 Å². The van der Waals surface area contributed by atoms with Gasteiger partial charge in [0.25, 0.3) is 11.4 Å². The summed E-state index contributed by atoms with van der Waals surface area (Å²) in [5.41, 5.74) is 3.02. The Morgan fingerprint density at radius 1 is 1.03 bits per heavy atom. The van der Waals surface area contributed by atoms with E-state index in [-0.39, 0.29) is 23.7 Å². The van der Waals surface area contributed by atoms with Gasteiger partial charge in [-0.15, -0.1) is 0 Å². The molecule has 1 heterocycles. The van der Waals surface area contributed by atoms with Crippen molar-refractivity contribution in [2.75, 3.05) is 0 Å². The molecule has 0 fully saturated rings. The van der Waals surface area contributed by atoms with Crippen LogP contribution in [0.4, 0.5) is 11.4 Å². The minimum atomic E-state index is -0.551. The van der Waals surface area contributed by atoms with E-state index in [9.17, 15) is 25.0 Å². The molecule has 31 heavy (non-hydrogen) atoms. The van der Waals surface area contributed by atoms with Crippen molar-refractivity contribution >= 4 is 23.5 Å². The monoisotopic (exact) mass is 421 g/mol. The lowest BCUT2D eigenvalue weighted by atomic mass is 10.1. The van der Waals surface area contributed by atoms with E-state index >= 15 is 0 Å². The number of nitro groups is 2. The van der Waals surface area contributed by atoms with Crippen LogP contribution < -0.4 is 10.2 Å². The molecule has 0 spiro atoms. The first-order chi connectivity index (χ1) is 14.9. The molecule has 0 unspecified atom stereocenters. The highest BCUT2D eigenvalue weighted by molar-refractivity contribution is 5.83. The molecule has 0 bridgehead atoms. The average molecular weight is 421 g/mol. The molecule has 0 radical (unpaired) electrons. The molecule has 0 saturated heterocycles. The largest absolute Gasteiger partial charge is 0.439 e. The molecule has 0 aliphatic heterocycles. The number of carbonyl (C=O) groups excluding carboxylic acids is 1. The van der Waals surface area contributed by atoms with Crippen LogP contribution >= 0.6 is 0 Å². The summed E-state index contributed by atoms with van der Waals surface area (Å²) in [5.74, 6) is 0.169. The second kappa shape index (κ2) is 9.69. The van der Waals surface area contributed by atoms with Gasteiger partial charge in [0, 0.05) is 23.8 Å². The van der Waals surface area contributed by atoms with Gasteiger partial charge in [0.1, 0.15) is 11.9 Å². The van der Waals surface area contributed by atoms with Crippen molar-refractivity contribution in [1.82, 2.24) is 10.4 Å². The fraction of sp³-hybridized carbons (Fsp3) is 0.0500. The van der Waals surface area contributed by atoms with Crippen molar-refractivity contribution in [2.24, 2.45) is 5.10 Å². The summed E-state index contributed by atoms with van der Waals surface area (Å²) in [6.45, 7) is 0. The number of nitro benzene ring substituents is 1. The molecule has 11 nitrogen and oxygen atoms in total. The number of aromatic nitrogens is 1. The van der Waals surface area contributed by atoms with E-state index in [1.54, 1.807) is 30.3 Å². The Bertz CT molecular complexity index is 1130. The van der Waals surface area contributed by atoms with Gasteiger partial charge in [-0.1, -0.05) is 18.2 Å². The number of nitrogens with zero attached hydrogens (tertiary/aromatic N) is 4. The van der Waals surface area contributed by atoms with Gasteiger partial charge < -0.3 is 4.74 Å². The fourth-order valence-corrected chi connectivity index (χ4v) is 2.51. The smallest absolute Gasteiger partial charge is 0.287 e. The van der Waals surface area contributed by atoms with Crippen LogP contribution in [0.3, 0.4) is 0 Å². The Hall–Kier alpha value is -4.67. The second-order valence-electron chi connectivity index (χ2n) is 6.14. The van der Waals surface area contributed by atoms with Gasteiger partial charge in [-0.2, -0.15) is 5.10 Å². The molecular formula is C20H15N5O6. The van der Waals surface area contributed by atoms with Crippen LogP contribution in [0.2, 0.25) is 0 Å². The lowest BCUT2D eigenvalue weighted by Crippen LogP contribution is -2.20. The summed E-state index contributed by atoms with van der Waals surface area (Å²) in [4.78, 5) is 36.4. The van der Waals surface area contributed by atoms with Crippen LogP contribution in [0.15, 0.2) is 72.0 Å². The Balaban J connectivity index is 1.54. The number of para-hydroxylation sites is 1. The van der Waals surface area contributed by atoms with Gasteiger partial charge in [-0.3, -0.25) is 25.0 Å². The standard InChI is InChI=1S/C20H15N5O6/c26-19(11-15-3-1-2-4-18(15)25(29)30)23-22-12-14-5-8-17(9-6-14)31-20-10-7-16(13-21-20)24(27)28/h1-10,12-13H,11H2,(H,23,26)/b22-12+. The fourth-order valence-electron chi connectivity index (χ4n) is 2.51. The van der Waals surface area contributed by atoms with E-state index < -0.39 is 15.8 Å². The average Bonchev–Trinajstić information content (AvgIpc) is 2.75. The van der Waals surface area contributed by atoms with E-state index in [0.717, 1.165) is 6.20 Å². The summed E-state index contributed by atoms with van der Waals surface area (Å²) < 4.78 is 5.50. The molecule has 1 N–H and O–H groups in total. The van der Waals surface area contributed by atoms with Crippen LogP contribution in [-0.4, -0.2) is 27.0 Å². The molecule has 0 aliphatic rings. The number of hydrazone groups is 1. The van der Waals surface area contributed by atoms with Crippen molar-refractivity contribution in [3.63, 3.8) is 0 Å². The van der Waals surface area contributed by atoms with Crippen LogP contribution in [-0.2, 0) is 11.2 Å². The predicted octanol–water partition coefficient (Wildman–Crippen LogP) is 3.38. The lowest BCUT2D eigenvalue weighted by molar-refractivity contribution is -0.385. The molecule has 11 heteroatoms. The topological polar surface area (TPSA) is 150 Å². The summed E-state index contributed by atoms with van der Waals surface area (Å²) in [6, 6.07) is 15.3. The maximum Gasteiger partial charge on any atom is 0.287 e. The zero-order valence-corrected chi connectivity index (χ0v) is 15.9. The molecule has 1 aromatic heterocycles. The third kappa shape index (κ3) is 5.90. The van der Waals surface area contributed by atoms with Gasteiger partial charge in [0.2, 0.25) is 11.8 Å². The molecule has 3 aromatic rings. The van der Waals surface area contributed by atoms with Crippen molar-refractivity contribution in [2.45, 2.75) is 6.42 Å². The van der Waals surface area contributed by atoms with Gasteiger partial charge in [-0.05, 0) is 29.8 Å². The van der Waals surface area contributed by atoms with E-state index in [1.165, 1.54) is 36.5 Å². The summed E-state index contributed by atoms with van der Waals surface area (Å²) >= 11 is 0.